The Bertz CT molecular complexity index is 2390. The van der Waals surface area contributed by atoms with E-state index in [-0.39, 0.29) is 54.0 Å². The molecule has 0 aromatic heterocycles. The summed E-state index contributed by atoms with van der Waals surface area (Å²) >= 11 is -7.96. The molecule has 0 fully saturated rings. The van der Waals surface area contributed by atoms with Crippen LogP contribution in [0.2, 0.25) is 0 Å². The summed E-state index contributed by atoms with van der Waals surface area (Å²) in [4.78, 5) is 0.361. The van der Waals surface area contributed by atoms with Crippen LogP contribution >= 0.6 is 0 Å². The second-order valence-corrected chi connectivity index (χ2v) is 36.1. The van der Waals surface area contributed by atoms with E-state index < -0.39 is 73.6 Å². The van der Waals surface area contributed by atoms with E-state index in [0.29, 0.717) is 9.81 Å². The predicted molar refractivity (Wildman–Crippen MR) is 241 cm³/mol. The zero-order chi connectivity index (χ0) is 42.4. The molecule has 5 rings (SSSR count). The fourth-order valence-electron chi connectivity index (χ4n) is 7.15. The Morgan fingerprint density at radius 1 is 0.379 bits per heavy atom. The summed E-state index contributed by atoms with van der Waals surface area (Å²) < 4.78 is 98.6. The molecule has 0 bridgehead atoms. The molecule has 0 aliphatic heterocycles. The van der Waals surface area contributed by atoms with E-state index in [9.17, 15) is 16.8 Å². The SMILES string of the molecule is CCN(CC)S(=O)(=O)c1cccc[c]1[Bi]([c]1ccccc1S(=O)(=O)N(CC)CC)[c]1ccc[c]([Bi]([c]2ccc(C)cc2)[c]2ccc(C)cc2)c1S(=O)(=O)N(CC)CC. The molecule has 0 spiro atoms. The number of hydrogen-bond acceptors (Lipinski definition) is 6. The maximum atomic E-state index is 15.6. The van der Waals surface area contributed by atoms with Crippen molar-refractivity contribution in [2.45, 2.75) is 70.1 Å². The Morgan fingerprint density at radius 3 is 1.05 bits per heavy atom. The van der Waals surface area contributed by atoms with Crippen LogP contribution in [0.15, 0.2) is 130 Å². The zero-order valence-corrected chi connectivity index (χ0v) is 44.0. The molecule has 0 saturated carbocycles. The van der Waals surface area contributed by atoms with Crippen molar-refractivity contribution in [2.24, 2.45) is 0 Å². The first-order valence-electron chi connectivity index (χ1n) is 19.7. The summed E-state index contributed by atoms with van der Waals surface area (Å²) in [6, 6.07) is 36.1. The molecule has 5 aromatic carbocycles. The molecule has 0 aliphatic carbocycles. The molecule has 0 aliphatic rings. The standard InChI is InChI=1S/2C10H14NO2S.C10H13NO2S.2C7H7.2Bi/c3*1-3-11(4-2)14(12,13)10-8-6-5-7-9-10;2*1-7-5-3-2-4-6-7;;/h2*5-8H,3-4H2,1-2H3;5-7H,3-4H2,1-2H3;2*3-6H,1H3;;. The topological polar surface area (TPSA) is 112 Å². The van der Waals surface area contributed by atoms with Gasteiger partial charge in [0.05, 0.1) is 0 Å². The first-order valence-corrected chi connectivity index (χ1v) is 34.4. The fraction of sp³-hybridized carbons (Fsp3) is 0.318. The molecular formula is C44H55Bi2N3O6S3. The van der Waals surface area contributed by atoms with Crippen molar-refractivity contribution in [3.05, 3.63) is 126 Å². The van der Waals surface area contributed by atoms with Gasteiger partial charge in [-0.05, 0) is 0 Å². The number of nitrogens with zero attached hydrogens (tertiary/aromatic N) is 3. The molecule has 310 valence electrons. The van der Waals surface area contributed by atoms with Gasteiger partial charge in [0.2, 0.25) is 0 Å². The normalized spacial score (nSPS) is 12.7. The zero-order valence-electron chi connectivity index (χ0n) is 34.6. The third-order valence-corrected chi connectivity index (χ3v) is 38.8. The minimum atomic E-state index is -4.42. The van der Waals surface area contributed by atoms with Gasteiger partial charge in [0, 0.05) is 0 Å². The second kappa shape index (κ2) is 20.0. The van der Waals surface area contributed by atoms with E-state index in [1.54, 1.807) is 76.2 Å². The molecule has 0 N–H and O–H groups in total. The van der Waals surface area contributed by atoms with Crippen molar-refractivity contribution in [2.75, 3.05) is 39.3 Å². The van der Waals surface area contributed by atoms with Crippen molar-refractivity contribution in [3.63, 3.8) is 0 Å². The van der Waals surface area contributed by atoms with Gasteiger partial charge in [-0.1, -0.05) is 0 Å². The quantitative estimate of drug-likeness (QED) is 0.125. The Hall–Kier alpha value is -2.40. The molecule has 0 heterocycles. The van der Waals surface area contributed by atoms with Crippen molar-refractivity contribution in [3.8, 4) is 0 Å². The van der Waals surface area contributed by atoms with Gasteiger partial charge in [-0.2, -0.15) is 0 Å². The molecular weight excluding hydrogens is 1180 g/mol. The van der Waals surface area contributed by atoms with E-state index in [2.05, 4.69) is 48.5 Å². The summed E-state index contributed by atoms with van der Waals surface area (Å²) in [6.07, 6.45) is 0. The van der Waals surface area contributed by atoms with Gasteiger partial charge in [-0.3, -0.25) is 0 Å². The summed E-state index contributed by atoms with van der Waals surface area (Å²) in [5.41, 5.74) is 2.18. The van der Waals surface area contributed by atoms with Crippen LogP contribution in [0.4, 0.5) is 0 Å². The van der Waals surface area contributed by atoms with Crippen molar-refractivity contribution >= 4 is 93.2 Å². The monoisotopic (exact) mass is 1240 g/mol. The summed E-state index contributed by atoms with van der Waals surface area (Å²) in [7, 11) is -12.4. The Kier molecular flexibility index (Phi) is 16.1. The number of aryl methyl sites for hydroxylation is 2. The minimum absolute atomic E-state index is 0.0830. The van der Waals surface area contributed by atoms with Crippen LogP contribution in [0.1, 0.15) is 52.7 Å². The van der Waals surface area contributed by atoms with Crippen LogP contribution in [-0.2, 0) is 30.1 Å². The first-order chi connectivity index (χ1) is 27.6. The van der Waals surface area contributed by atoms with Crippen molar-refractivity contribution < 1.29 is 25.3 Å². The van der Waals surface area contributed by atoms with Crippen LogP contribution in [0, 0.1) is 13.8 Å². The van der Waals surface area contributed by atoms with Gasteiger partial charge in [0.15, 0.2) is 0 Å². The Morgan fingerprint density at radius 2 is 0.690 bits per heavy atom. The van der Waals surface area contributed by atoms with Gasteiger partial charge in [0.25, 0.3) is 0 Å². The van der Waals surface area contributed by atoms with Gasteiger partial charge in [-0.25, -0.2) is 0 Å². The van der Waals surface area contributed by atoms with Crippen LogP contribution in [0.25, 0.3) is 0 Å². The average Bonchev–Trinajstić information content (AvgIpc) is 3.21. The fourth-order valence-corrected chi connectivity index (χ4v) is 40.2. The van der Waals surface area contributed by atoms with E-state index in [0.717, 1.165) is 20.9 Å². The summed E-state index contributed by atoms with van der Waals surface area (Å²) in [6.45, 7) is 16.2. The third-order valence-electron chi connectivity index (χ3n) is 10.2. The molecule has 0 unspecified atom stereocenters. The Labute approximate surface area is 363 Å². The van der Waals surface area contributed by atoms with E-state index in [1.165, 1.54) is 12.9 Å². The van der Waals surface area contributed by atoms with Crippen LogP contribution in [0.5, 0.6) is 0 Å². The van der Waals surface area contributed by atoms with Crippen LogP contribution < -0.4 is 19.6 Å². The number of benzene rings is 5. The summed E-state index contributed by atoms with van der Waals surface area (Å²) in [5.74, 6) is 0. The van der Waals surface area contributed by atoms with Crippen LogP contribution in [-0.4, -0.2) is 121 Å². The first kappa shape index (κ1) is 46.7. The van der Waals surface area contributed by atoms with E-state index in [1.807, 2.05) is 45.9 Å². The van der Waals surface area contributed by atoms with Gasteiger partial charge in [0.1, 0.15) is 0 Å². The second-order valence-electron chi connectivity index (χ2n) is 13.7. The molecule has 14 heteroatoms. The summed E-state index contributed by atoms with van der Waals surface area (Å²) in [5, 5.41) is 0. The molecule has 58 heavy (non-hydrogen) atoms. The Balaban J connectivity index is 2.05. The predicted octanol–water partition coefficient (Wildman–Crippen LogP) is 3.43. The van der Waals surface area contributed by atoms with E-state index in [4.69, 9.17) is 0 Å². The maximum absolute atomic E-state index is 15.6. The molecule has 9 nitrogen and oxygen atoms in total. The number of sulfonamides is 3. The molecule has 0 atom stereocenters. The number of rotatable bonds is 18. The molecule has 0 saturated heterocycles. The number of hydrogen-bond donors (Lipinski definition) is 0. The third kappa shape index (κ3) is 9.40. The van der Waals surface area contributed by atoms with E-state index >= 15 is 8.42 Å². The van der Waals surface area contributed by atoms with Crippen LogP contribution in [0.3, 0.4) is 0 Å². The molecule has 5 aromatic rings. The van der Waals surface area contributed by atoms with Gasteiger partial charge in [-0.15, -0.1) is 0 Å². The average molecular weight is 1240 g/mol. The molecule has 0 amide bonds. The van der Waals surface area contributed by atoms with Gasteiger partial charge >= 0.3 is 367 Å². The van der Waals surface area contributed by atoms with Crippen molar-refractivity contribution in [1.82, 2.24) is 12.9 Å². The van der Waals surface area contributed by atoms with Crippen molar-refractivity contribution in [1.29, 1.82) is 0 Å². The van der Waals surface area contributed by atoms with Gasteiger partial charge < -0.3 is 0 Å². The molecule has 0 radical (unpaired) electrons.